The van der Waals surface area contributed by atoms with Crippen molar-refractivity contribution in [3.63, 3.8) is 0 Å². The van der Waals surface area contributed by atoms with Crippen molar-refractivity contribution in [2.24, 2.45) is 4.99 Å². The number of guanidine groups is 1. The number of nitrogens with zero attached hydrogens (tertiary/aromatic N) is 5. The zero-order chi connectivity index (χ0) is 21.5. The first-order valence-electron chi connectivity index (χ1n) is 10.6. The van der Waals surface area contributed by atoms with Gasteiger partial charge >= 0.3 is 0 Å². The number of morpholine rings is 1. The summed E-state index contributed by atoms with van der Waals surface area (Å²) in [7, 11) is 0. The van der Waals surface area contributed by atoms with E-state index in [-0.39, 0.29) is 30.0 Å². The van der Waals surface area contributed by atoms with E-state index in [1.807, 2.05) is 40.9 Å². The highest BCUT2D eigenvalue weighted by atomic mass is 127. The number of pyridine rings is 1. The average molecular weight is 570 g/mol. The third-order valence-corrected chi connectivity index (χ3v) is 5.56. The lowest BCUT2D eigenvalue weighted by Gasteiger charge is -2.35. The fraction of sp³-hybridized carbons (Fsp3) is 0.409. The minimum atomic E-state index is 0. The number of hydrogen-bond acceptors (Lipinski definition) is 5. The third-order valence-electron chi connectivity index (χ3n) is 5.31. The lowest BCUT2D eigenvalue weighted by atomic mass is 10.0. The van der Waals surface area contributed by atoms with Crippen molar-refractivity contribution in [2.45, 2.75) is 19.5 Å². The number of aliphatic imine (C=N–C) groups is 1. The van der Waals surface area contributed by atoms with Gasteiger partial charge in [0.05, 0.1) is 19.3 Å². The number of aromatic nitrogens is 3. The summed E-state index contributed by atoms with van der Waals surface area (Å²) in [6.07, 6.45) is 1.95. The minimum Gasteiger partial charge on any atom is -0.379 e. The van der Waals surface area contributed by atoms with E-state index < -0.39 is 0 Å². The van der Waals surface area contributed by atoms with Crippen LogP contribution in [0.2, 0.25) is 5.02 Å². The number of benzene rings is 1. The molecule has 4 rings (SSSR count). The summed E-state index contributed by atoms with van der Waals surface area (Å²) in [6, 6.07) is 14.1. The molecule has 1 fully saturated rings. The fourth-order valence-electron chi connectivity index (χ4n) is 3.72. The van der Waals surface area contributed by atoms with Crippen LogP contribution < -0.4 is 10.6 Å². The molecule has 2 aromatic heterocycles. The molecule has 1 aliphatic rings. The highest BCUT2D eigenvalue weighted by Crippen LogP contribution is 2.23. The van der Waals surface area contributed by atoms with Gasteiger partial charge in [-0.1, -0.05) is 29.8 Å². The van der Waals surface area contributed by atoms with E-state index >= 15 is 0 Å². The molecule has 1 atom stereocenters. The van der Waals surface area contributed by atoms with Crippen molar-refractivity contribution in [1.29, 1.82) is 0 Å². The molecule has 0 spiro atoms. The average Bonchev–Trinajstić information content (AvgIpc) is 3.22. The predicted octanol–water partition coefficient (Wildman–Crippen LogP) is 3.13. The van der Waals surface area contributed by atoms with Crippen LogP contribution in [-0.2, 0) is 11.3 Å². The van der Waals surface area contributed by atoms with Crippen LogP contribution in [0, 0.1) is 0 Å². The second-order valence-electron chi connectivity index (χ2n) is 7.34. The van der Waals surface area contributed by atoms with Crippen molar-refractivity contribution < 1.29 is 4.74 Å². The molecule has 1 unspecified atom stereocenters. The van der Waals surface area contributed by atoms with Gasteiger partial charge in [-0.15, -0.1) is 34.2 Å². The molecule has 2 N–H and O–H groups in total. The normalized spacial score (nSPS) is 15.9. The van der Waals surface area contributed by atoms with Crippen LogP contribution in [0.5, 0.6) is 0 Å². The zero-order valence-corrected chi connectivity index (χ0v) is 21.2. The Hall–Kier alpha value is -1.95. The molecule has 0 aliphatic carbocycles. The van der Waals surface area contributed by atoms with Gasteiger partial charge < -0.3 is 15.4 Å². The Morgan fingerprint density at radius 3 is 2.66 bits per heavy atom. The van der Waals surface area contributed by atoms with Crippen LogP contribution in [0.15, 0.2) is 53.7 Å². The van der Waals surface area contributed by atoms with Crippen molar-refractivity contribution in [3.8, 4) is 0 Å². The summed E-state index contributed by atoms with van der Waals surface area (Å²) in [5, 5.41) is 16.0. The first kappa shape index (κ1) is 24.7. The number of ether oxygens (including phenoxy) is 1. The zero-order valence-electron chi connectivity index (χ0n) is 18.1. The summed E-state index contributed by atoms with van der Waals surface area (Å²) in [6.45, 7) is 7.27. The van der Waals surface area contributed by atoms with E-state index in [4.69, 9.17) is 21.3 Å². The molecule has 0 bridgehead atoms. The Labute approximate surface area is 210 Å². The smallest absolute Gasteiger partial charge is 0.191 e. The quantitative estimate of drug-likeness (QED) is 0.259. The summed E-state index contributed by atoms with van der Waals surface area (Å²) in [5.74, 6) is 1.55. The van der Waals surface area contributed by atoms with Gasteiger partial charge in [0, 0.05) is 37.4 Å². The molecule has 1 aliphatic heterocycles. The van der Waals surface area contributed by atoms with Gasteiger partial charge in [-0.05, 0) is 36.8 Å². The largest absolute Gasteiger partial charge is 0.379 e. The monoisotopic (exact) mass is 569 g/mol. The summed E-state index contributed by atoms with van der Waals surface area (Å²) < 4.78 is 7.51. The fourth-order valence-corrected chi connectivity index (χ4v) is 3.84. The van der Waals surface area contributed by atoms with E-state index in [0.717, 1.165) is 55.3 Å². The molecule has 1 saturated heterocycles. The first-order valence-corrected chi connectivity index (χ1v) is 11.0. The molecule has 0 saturated carbocycles. The molecule has 0 radical (unpaired) electrons. The summed E-state index contributed by atoms with van der Waals surface area (Å²) in [5.41, 5.74) is 2.04. The number of nitrogens with one attached hydrogen (secondary N) is 2. The minimum absolute atomic E-state index is 0. The number of fused-ring (bicyclic) bond motifs is 1. The maximum absolute atomic E-state index is 6.11. The predicted molar refractivity (Wildman–Crippen MR) is 138 cm³/mol. The van der Waals surface area contributed by atoms with Gasteiger partial charge in [0.25, 0.3) is 0 Å². The molecule has 0 amide bonds. The Morgan fingerprint density at radius 2 is 1.91 bits per heavy atom. The van der Waals surface area contributed by atoms with Gasteiger partial charge in [-0.2, -0.15) is 0 Å². The summed E-state index contributed by atoms with van der Waals surface area (Å²) in [4.78, 5) is 7.18. The lowest BCUT2D eigenvalue weighted by molar-refractivity contribution is 0.0170. The first-order chi connectivity index (χ1) is 15.2. The van der Waals surface area contributed by atoms with Gasteiger partial charge in [0.1, 0.15) is 6.54 Å². The van der Waals surface area contributed by atoms with Crippen LogP contribution in [0.3, 0.4) is 0 Å². The number of halogens is 2. The number of rotatable bonds is 7. The maximum Gasteiger partial charge on any atom is 0.191 e. The summed E-state index contributed by atoms with van der Waals surface area (Å²) >= 11 is 6.11. The van der Waals surface area contributed by atoms with Gasteiger partial charge in [-0.3, -0.25) is 9.30 Å². The van der Waals surface area contributed by atoms with E-state index in [2.05, 4.69) is 44.8 Å². The number of hydrogen-bond donors (Lipinski definition) is 2. The van der Waals surface area contributed by atoms with Crippen molar-refractivity contribution in [3.05, 3.63) is 65.1 Å². The van der Waals surface area contributed by atoms with Crippen LogP contribution in [-0.4, -0.2) is 64.9 Å². The van der Waals surface area contributed by atoms with Crippen molar-refractivity contribution >= 4 is 47.2 Å². The van der Waals surface area contributed by atoms with Crippen LogP contribution >= 0.6 is 35.6 Å². The second-order valence-corrected chi connectivity index (χ2v) is 7.77. The molecule has 3 heterocycles. The molecule has 8 nitrogen and oxygen atoms in total. The molecule has 172 valence electrons. The second kappa shape index (κ2) is 12.3. The Kier molecular flexibility index (Phi) is 9.51. The van der Waals surface area contributed by atoms with Crippen LogP contribution in [0.1, 0.15) is 24.4 Å². The van der Waals surface area contributed by atoms with Gasteiger partial charge in [0.2, 0.25) is 0 Å². The SMILES string of the molecule is CCNC(=NCc1nnc2ccccn12)NCC(c1ccc(Cl)cc1)N1CCOCC1.I. The van der Waals surface area contributed by atoms with E-state index in [1.165, 1.54) is 5.56 Å². The molecular formula is C22H29ClIN7O. The third kappa shape index (κ3) is 6.31. The standard InChI is InChI=1S/C22H28ClN7O.HI/c1-2-24-22(26-16-21-28-27-20-5-3-4-10-30(20)21)25-15-19(29-11-13-31-14-12-29)17-6-8-18(23)9-7-17;/h3-10,19H,2,11-16H2,1H3,(H2,24,25,26);1H. The molecule has 3 aromatic rings. The molecule has 1 aromatic carbocycles. The Morgan fingerprint density at radius 1 is 1.12 bits per heavy atom. The molecule has 32 heavy (non-hydrogen) atoms. The Balaban J connectivity index is 0.00000289. The molecular weight excluding hydrogens is 541 g/mol. The van der Waals surface area contributed by atoms with Gasteiger partial charge in [0.15, 0.2) is 17.4 Å². The molecule has 10 heteroatoms. The van der Waals surface area contributed by atoms with Crippen molar-refractivity contribution in [2.75, 3.05) is 39.4 Å². The van der Waals surface area contributed by atoms with Crippen molar-refractivity contribution in [1.82, 2.24) is 30.1 Å². The van der Waals surface area contributed by atoms with Crippen LogP contribution in [0.25, 0.3) is 5.65 Å². The van der Waals surface area contributed by atoms with E-state index in [1.54, 1.807) is 0 Å². The van der Waals surface area contributed by atoms with Gasteiger partial charge in [-0.25, -0.2) is 4.99 Å². The van der Waals surface area contributed by atoms with Crippen LogP contribution in [0.4, 0.5) is 0 Å². The van der Waals surface area contributed by atoms with E-state index in [0.29, 0.717) is 13.1 Å². The topological polar surface area (TPSA) is 79.1 Å². The maximum atomic E-state index is 6.11. The highest BCUT2D eigenvalue weighted by Gasteiger charge is 2.23. The Bertz CT molecular complexity index is 1000. The lowest BCUT2D eigenvalue weighted by Crippen LogP contribution is -2.46. The highest BCUT2D eigenvalue weighted by molar-refractivity contribution is 14.0. The van der Waals surface area contributed by atoms with E-state index in [9.17, 15) is 0 Å².